The third-order valence-corrected chi connectivity index (χ3v) is 4.57. The van der Waals surface area contributed by atoms with Crippen molar-refractivity contribution in [3.05, 3.63) is 35.5 Å². The van der Waals surface area contributed by atoms with E-state index in [0.29, 0.717) is 23.3 Å². The average molecular weight is 306 g/mol. The maximum absolute atomic E-state index is 11.2. The Labute approximate surface area is 122 Å². The van der Waals surface area contributed by atoms with E-state index >= 15 is 0 Å². The van der Waals surface area contributed by atoms with E-state index in [1.807, 2.05) is 0 Å². The summed E-state index contributed by atoms with van der Waals surface area (Å²) in [5.74, 6) is 1.84. The van der Waals surface area contributed by atoms with Crippen molar-refractivity contribution in [2.75, 3.05) is 6.26 Å². The van der Waals surface area contributed by atoms with Crippen LogP contribution in [-0.4, -0.2) is 34.4 Å². The molecule has 8 heteroatoms. The molecule has 2 aromatic rings. The molecule has 0 N–H and O–H groups in total. The van der Waals surface area contributed by atoms with Crippen molar-refractivity contribution >= 4 is 10.1 Å². The molecule has 1 fully saturated rings. The van der Waals surface area contributed by atoms with E-state index in [2.05, 4.69) is 15.1 Å². The van der Waals surface area contributed by atoms with Crippen molar-refractivity contribution in [3.8, 4) is 5.82 Å². The second kappa shape index (κ2) is 4.35. The molecule has 4 rings (SSSR count). The van der Waals surface area contributed by atoms with Crippen molar-refractivity contribution in [1.29, 1.82) is 0 Å². The second-order valence-electron chi connectivity index (χ2n) is 5.56. The van der Waals surface area contributed by atoms with E-state index in [9.17, 15) is 8.42 Å². The van der Waals surface area contributed by atoms with Gasteiger partial charge in [-0.05, 0) is 18.8 Å². The Hall–Kier alpha value is -1.80. The molecular weight excluding hydrogens is 292 g/mol. The molecule has 0 radical (unpaired) electrons. The Bertz CT molecular complexity index is 800. The monoisotopic (exact) mass is 306 g/mol. The highest BCUT2D eigenvalue weighted by molar-refractivity contribution is 7.85. The van der Waals surface area contributed by atoms with Crippen LogP contribution in [-0.2, 0) is 27.3 Å². The quantitative estimate of drug-likeness (QED) is 0.776. The van der Waals surface area contributed by atoms with Gasteiger partial charge in [0.15, 0.2) is 5.82 Å². The molecule has 7 nitrogen and oxygen atoms in total. The number of hydrogen-bond donors (Lipinski definition) is 0. The van der Waals surface area contributed by atoms with E-state index in [1.165, 1.54) is 6.42 Å². The highest BCUT2D eigenvalue weighted by atomic mass is 32.2. The molecule has 0 saturated heterocycles. The Morgan fingerprint density at radius 2 is 2.29 bits per heavy atom. The summed E-state index contributed by atoms with van der Waals surface area (Å²) in [5, 5.41) is 4.51. The van der Waals surface area contributed by atoms with Crippen LogP contribution >= 0.6 is 0 Å². The summed E-state index contributed by atoms with van der Waals surface area (Å²) in [6, 6.07) is 0. The molecule has 0 unspecified atom stereocenters. The van der Waals surface area contributed by atoms with E-state index in [1.54, 1.807) is 23.3 Å². The van der Waals surface area contributed by atoms with Gasteiger partial charge in [0.1, 0.15) is 6.61 Å². The molecule has 0 spiro atoms. The van der Waals surface area contributed by atoms with Crippen LogP contribution in [0, 0.1) is 5.92 Å². The van der Waals surface area contributed by atoms with Gasteiger partial charge in [0.05, 0.1) is 23.8 Å². The molecule has 2 aliphatic carbocycles. The zero-order chi connectivity index (χ0) is 14.6. The van der Waals surface area contributed by atoms with Gasteiger partial charge in [0.25, 0.3) is 10.1 Å². The summed E-state index contributed by atoms with van der Waals surface area (Å²) in [7, 11) is -3.47. The molecular formula is C13H14N4O3S. The van der Waals surface area contributed by atoms with Crippen LogP contribution in [0.2, 0.25) is 0 Å². The van der Waals surface area contributed by atoms with Crippen molar-refractivity contribution in [2.45, 2.75) is 25.4 Å². The van der Waals surface area contributed by atoms with Crippen LogP contribution in [0.3, 0.4) is 0 Å². The largest absolute Gasteiger partial charge is 0.264 e. The fraction of sp³-hybridized carbons (Fsp3) is 0.462. The van der Waals surface area contributed by atoms with Gasteiger partial charge in [-0.25, -0.2) is 9.67 Å². The van der Waals surface area contributed by atoms with Crippen LogP contribution < -0.4 is 0 Å². The minimum absolute atomic E-state index is 0.0200. The number of hydrogen-bond acceptors (Lipinski definition) is 6. The highest BCUT2D eigenvalue weighted by Crippen LogP contribution is 2.57. The first-order chi connectivity index (χ1) is 10.0. The summed E-state index contributed by atoms with van der Waals surface area (Å²) in [5.41, 5.74) is 2.95. The Balaban J connectivity index is 1.75. The summed E-state index contributed by atoms with van der Waals surface area (Å²) in [4.78, 5) is 8.35. The minimum Gasteiger partial charge on any atom is -0.264 e. The number of fused-ring (bicyclic) bond motifs is 3. The van der Waals surface area contributed by atoms with Crippen molar-refractivity contribution < 1.29 is 12.6 Å². The van der Waals surface area contributed by atoms with Crippen LogP contribution in [0.15, 0.2) is 18.6 Å². The third-order valence-electron chi connectivity index (χ3n) is 4.02. The molecule has 110 valence electrons. The molecule has 2 heterocycles. The maximum atomic E-state index is 11.2. The van der Waals surface area contributed by atoms with Crippen LogP contribution in [0.4, 0.5) is 0 Å². The lowest BCUT2D eigenvalue weighted by Crippen LogP contribution is -2.06. The number of rotatable bonds is 4. The lowest BCUT2D eigenvalue weighted by Gasteiger charge is -2.03. The number of nitrogens with zero attached hydrogens (tertiary/aromatic N) is 4. The minimum atomic E-state index is -3.47. The van der Waals surface area contributed by atoms with Gasteiger partial charge in [0, 0.05) is 23.9 Å². The van der Waals surface area contributed by atoms with Gasteiger partial charge in [-0.1, -0.05) is 0 Å². The molecule has 0 bridgehead atoms. The zero-order valence-electron chi connectivity index (χ0n) is 11.4. The van der Waals surface area contributed by atoms with E-state index in [4.69, 9.17) is 4.18 Å². The molecule has 2 aliphatic rings. The van der Waals surface area contributed by atoms with Crippen molar-refractivity contribution in [2.24, 2.45) is 5.92 Å². The van der Waals surface area contributed by atoms with Crippen molar-refractivity contribution in [1.82, 2.24) is 19.7 Å². The molecule has 21 heavy (non-hydrogen) atoms. The van der Waals surface area contributed by atoms with E-state index < -0.39 is 10.1 Å². The first-order valence-electron chi connectivity index (χ1n) is 6.74. The average Bonchev–Trinajstić information content (AvgIpc) is 2.96. The van der Waals surface area contributed by atoms with Crippen molar-refractivity contribution in [3.63, 3.8) is 0 Å². The van der Waals surface area contributed by atoms with Gasteiger partial charge >= 0.3 is 0 Å². The molecule has 2 atom stereocenters. The smallest absolute Gasteiger partial charge is 0.264 e. The van der Waals surface area contributed by atoms with Gasteiger partial charge in [-0.2, -0.15) is 13.5 Å². The van der Waals surface area contributed by atoms with Gasteiger partial charge < -0.3 is 0 Å². The Morgan fingerprint density at radius 1 is 1.43 bits per heavy atom. The molecule has 0 aliphatic heterocycles. The second-order valence-corrected chi connectivity index (χ2v) is 7.20. The standard InChI is InChI=1S/C13H14N4O3S/c1-21(18,19)20-7-11-10-5-8-4-9(8)13(10)17(16-11)12-6-14-2-3-15-12/h2-3,6,8-9H,4-5,7H2,1H3/t8-,9-/m0/s1. The number of aromatic nitrogens is 4. The predicted molar refractivity (Wildman–Crippen MR) is 73.3 cm³/mol. The SMILES string of the molecule is CS(=O)(=O)OCc1nn(-c2cnccn2)c2c1C[C@@H]1C[C@H]21. The molecule has 1 saturated carbocycles. The van der Waals surface area contributed by atoms with Crippen LogP contribution in [0.1, 0.15) is 29.3 Å². The molecule has 2 aromatic heterocycles. The molecule has 0 amide bonds. The van der Waals surface area contributed by atoms with Gasteiger partial charge in [0.2, 0.25) is 0 Å². The van der Waals surface area contributed by atoms with Gasteiger partial charge in [-0.3, -0.25) is 9.17 Å². The first kappa shape index (κ1) is 12.9. The van der Waals surface area contributed by atoms with Crippen LogP contribution in [0.5, 0.6) is 0 Å². The van der Waals surface area contributed by atoms with E-state index in [0.717, 1.165) is 23.9 Å². The summed E-state index contributed by atoms with van der Waals surface area (Å²) in [6.07, 6.45) is 8.05. The Morgan fingerprint density at radius 3 is 3.00 bits per heavy atom. The third kappa shape index (κ3) is 2.24. The van der Waals surface area contributed by atoms with E-state index in [-0.39, 0.29) is 6.61 Å². The lowest BCUT2D eigenvalue weighted by molar-refractivity contribution is 0.305. The highest BCUT2D eigenvalue weighted by Gasteiger charge is 2.49. The first-order valence-corrected chi connectivity index (χ1v) is 8.56. The maximum Gasteiger partial charge on any atom is 0.264 e. The lowest BCUT2D eigenvalue weighted by atomic mass is 10.1. The topological polar surface area (TPSA) is 87.0 Å². The summed E-state index contributed by atoms with van der Waals surface area (Å²) >= 11 is 0. The summed E-state index contributed by atoms with van der Waals surface area (Å²) in [6.45, 7) is -0.0200. The molecule has 0 aromatic carbocycles. The Kier molecular flexibility index (Phi) is 2.67. The zero-order valence-corrected chi connectivity index (χ0v) is 12.2. The van der Waals surface area contributed by atoms with Gasteiger partial charge in [-0.15, -0.1) is 0 Å². The fourth-order valence-corrected chi connectivity index (χ4v) is 3.36. The fourth-order valence-electron chi connectivity index (χ4n) is 3.04. The van der Waals surface area contributed by atoms with Crippen LogP contribution in [0.25, 0.3) is 5.82 Å². The summed E-state index contributed by atoms with van der Waals surface area (Å²) < 4.78 is 29.0. The predicted octanol–water partition coefficient (Wildman–Crippen LogP) is 0.798. The normalized spacial score (nSPS) is 22.9.